The summed E-state index contributed by atoms with van der Waals surface area (Å²) in [6.07, 6.45) is 1.50. The van der Waals surface area contributed by atoms with Gasteiger partial charge in [-0.15, -0.1) is 0 Å². The van der Waals surface area contributed by atoms with Crippen LogP contribution in [-0.4, -0.2) is 0 Å². The zero-order valence-electron chi connectivity index (χ0n) is 3.70. The maximum absolute atomic E-state index is 3.25. The maximum atomic E-state index is 3.25. The first-order valence-corrected chi connectivity index (χ1v) is 0.816. The van der Waals surface area contributed by atoms with Gasteiger partial charge in [-0.3, -0.25) is 0 Å². The average molecular weight is 169 g/mol. The molecule has 0 bridgehead atoms. The zero-order valence-corrected chi connectivity index (χ0v) is 7.73. The topological polar surface area (TPSA) is 0 Å². The summed E-state index contributed by atoms with van der Waals surface area (Å²) in [5, 5.41) is 0. The minimum atomic E-state index is 0. The summed E-state index contributed by atoms with van der Waals surface area (Å²) in [7, 11) is 0. The van der Waals surface area contributed by atoms with E-state index in [4.69, 9.17) is 0 Å². The molecule has 0 nitrogen and oxygen atoms in total. The van der Waals surface area contributed by atoms with Crippen LogP contribution in [0.1, 0.15) is 0 Å². The Hall–Kier alpha value is 0.532. The van der Waals surface area contributed by atoms with Gasteiger partial charge in [0.1, 0.15) is 0 Å². The first-order valence-electron chi connectivity index (χ1n) is 0.816. The number of rotatable bonds is 0. The second-order valence-corrected chi connectivity index (χ2v) is 0.289. The van der Waals surface area contributed by atoms with Gasteiger partial charge in [0.25, 0.3) is 0 Å². The summed E-state index contributed by atoms with van der Waals surface area (Å²) in [6.45, 7) is 6.50. The molecule has 0 heterocycles. The maximum Gasteiger partial charge on any atom is 2.00 e. The molecule has 0 amide bonds. The van der Waals surface area contributed by atoms with E-state index in [9.17, 15) is 0 Å². The molecule has 0 atom stereocenters. The van der Waals surface area contributed by atoms with Crippen LogP contribution in [0.2, 0.25) is 0 Å². The molecule has 0 aliphatic heterocycles. The molecular formula is C4H8Cd. The Labute approximate surface area is 54.4 Å². The second kappa shape index (κ2) is 24.1. The molecule has 0 saturated carbocycles. The van der Waals surface area contributed by atoms with Crippen LogP contribution in [0.15, 0.2) is 12.7 Å². The number of hydrogen-bond acceptors (Lipinski definition) is 0. The van der Waals surface area contributed by atoms with Gasteiger partial charge in [0.15, 0.2) is 0 Å². The van der Waals surface area contributed by atoms with Crippen molar-refractivity contribution in [2.24, 2.45) is 0 Å². The van der Waals surface area contributed by atoms with Crippen LogP contribution in [0.25, 0.3) is 0 Å². The van der Waals surface area contributed by atoms with Gasteiger partial charge in [-0.2, -0.15) is 0 Å². The Morgan fingerprint density at radius 1 is 1.60 bits per heavy atom. The SMILES string of the molecule is C=C[CH2-].[CH3-].[Cd+2]. The molecule has 0 fully saturated rings. The molecule has 0 aromatic heterocycles. The fraction of sp³-hybridized carbons (Fsp3) is 0. The quantitative estimate of drug-likeness (QED) is 0.379. The van der Waals surface area contributed by atoms with Crippen molar-refractivity contribution in [3.05, 3.63) is 27.0 Å². The van der Waals surface area contributed by atoms with Crippen LogP contribution in [0.5, 0.6) is 0 Å². The molecule has 5 heavy (non-hydrogen) atoms. The molecule has 0 rings (SSSR count). The standard InChI is InChI=1S/C3H5.CH3.Cd/c1-3-2;;/h3H,1-2H2;1H3;/q2*-1;+2. The molecular weight excluding hydrogens is 160 g/mol. The minimum absolute atomic E-state index is 0. The summed E-state index contributed by atoms with van der Waals surface area (Å²) in [5.74, 6) is 0. The van der Waals surface area contributed by atoms with E-state index >= 15 is 0 Å². The fourth-order valence-corrected chi connectivity index (χ4v) is 0. The van der Waals surface area contributed by atoms with Crippen LogP contribution < -0.4 is 0 Å². The van der Waals surface area contributed by atoms with Gasteiger partial charge in [0.2, 0.25) is 0 Å². The van der Waals surface area contributed by atoms with E-state index in [-0.39, 0.29) is 34.7 Å². The van der Waals surface area contributed by atoms with Gasteiger partial charge in [0.05, 0.1) is 0 Å². The van der Waals surface area contributed by atoms with Gasteiger partial charge in [-0.1, -0.05) is 0 Å². The van der Waals surface area contributed by atoms with Crippen molar-refractivity contribution < 1.29 is 27.3 Å². The summed E-state index contributed by atoms with van der Waals surface area (Å²) in [5.41, 5.74) is 0. The molecule has 0 saturated heterocycles. The summed E-state index contributed by atoms with van der Waals surface area (Å²) in [6, 6.07) is 0. The summed E-state index contributed by atoms with van der Waals surface area (Å²) in [4.78, 5) is 0. The van der Waals surface area contributed by atoms with Crippen molar-refractivity contribution in [2.75, 3.05) is 0 Å². The Kier molecular flexibility index (Phi) is 85.4. The molecule has 0 N–H and O–H groups in total. The summed E-state index contributed by atoms with van der Waals surface area (Å²) >= 11 is 0. The predicted molar refractivity (Wildman–Crippen MR) is 22.0 cm³/mol. The van der Waals surface area contributed by atoms with Gasteiger partial charge < -0.3 is 7.43 Å². The van der Waals surface area contributed by atoms with Crippen LogP contribution in [-0.2, 0) is 27.3 Å². The first kappa shape index (κ1) is 17.7. The van der Waals surface area contributed by atoms with Crippen molar-refractivity contribution >= 4 is 0 Å². The van der Waals surface area contributed by atoms with Gasteiger partial charge in [-0.25, -0.2) is 19.6 Å². The third-order valence-corrected chi connectivity index (χ3v) is 0. The van der Waals surface area contributed by atoms with E-state index in [0.717, 1.165) is 0 Å². The van der Waals surface area contributed by atoms with Crippen molar-refractivity contribution in [3.8, 4) is 0 Å². The van der Waals surface area contributed by atoms with E-state index in [2.05, 4.69) is 13.5 Å². The molecule has 1 heteroatoms. The fourth-order valence-electron chi connectivity index (χ4n) is 0. The van der Waals surface area contributed by atoms with Crippen molar-refractivity contribution in [3.63, 3.8) is 0 Å². The van der Waals surface area contributed by atoms with Crippen molar-refractivity contribution in [1.82, 2.24) is 0 Å². The molecule has 26 valence electrons. The van der Waals surface area contributed by atoms with E-state index in [1.165, 1.54) is 6.08 Å². The van der Waals surface area contributed by atoms with E-state index in [1.54, 1.807) is 0 Å². The Morgan fingerprint density at radius 3 is 1.60 bits per heavy atom. The third-order valence-electron chi connectivity index (χ3n) is 0. The van der Waals surface area contributed by atoms with Crippen molar-refractivity contribution in [2.45, 2.75) is 0 Å². The first-order chi connectivity index (χ1) is 1.41. The third kappa shape index (κ3) is 103. The zero-order chi connectivity index (χ0) is 2.71. The molecule has 0 aliphatic carbocycles. The Morgan fingerprint density at radius 2 is 1.60 bits per heavy atom. The Bertz CT molecular complexity index is 11.1. The molecule has 0 radical (unpaired) electrons. The van der Waals surface area contributed by atoms with E-state index in [1.807, 2.05) is 0 Å². The molecule has 0 spiro atoms. The molecule has 0 unspecified atom stereocenters. The second-order valence-electron chi connectivity index (χ2n) is 0.289. The van der Waals surface area contributed by atoms with Gasteiger partial charge in [-0.05, 0) is 0 Å². The minimum Gasteiger partial charge on any atom is -0.358 e. The normalized spacial score (nSPS) is 2.40. The average Bonchev–Trinajstić information content (AvgIpc) is 0.918. The van der Waals surface area contributed by atoms with Gasteiger partial charge in [0, 0.05) is 0 Å². The van der Waals surface area contributed by atoms with Crippen molar-refractivity contribution in [1.29, 1.82) is 0 Å². The number of allylic oxidation sites excluding steroid dienone is 1. The smallest absolute Gasteiger partial charge is 0.358 e. The predicted octanol–water partition coefficient (Wildman–Crippen LogP) is 1.45. The number of hydrogen-bond donors (Lipinski definition) is 0. The monoisotopic (exact) mass is 170 g/mol. The van der Waals surface area contributed by atoms with Crippen LogP contribution in [0.4, 0.5) is 0 Å². The van der Waals surface area contributed by atoms with Crippen LogP contribution in [0.3, 0.4) is 0 Å². The molecule has 0 aliphatic rings. The van der Waals surface area contributed by atoms with Crippen LogP contribution in [0, 0.1) is 14.4 Å². The molecule has 0 aromatic carbocycles. The van der Waals surface area contributed by atoms with E-state index in [0.29, 0.717) is 0 Å². The largest absolute Gasteiger partial charge is 2.00 e. The van der Waals surface area contributed by atoms with Crippen LogP contribution >= 0.6 is 0 Å². The summed E-state index contributed by atoms with van der Waals surface area (Å²) < 4.78 is 0. The Balaban J connectivity index is -0.0000000200. The van der Waals surface area contributed by atoms with E-state index < -0.39 is 0 Å². The van der Waals surface area contributed by atoms with Gasteiger partial charge >= 0.3 is 27.3 Å². The molecule has 0 aromatic rings.